The van der Waals surface area contributed by atoms with Crippen molar-refractivity contribution >= 4 is 11.9 Å². The van der Waals surface area contributed by atoms with Crippen LogP contribution in [0.3, 0.4) is 0 Å². The number of benzene rings is 1. The Bertz CT molecular complexity index is 824. The molecule has 1 aliphatic rings. The van der Waals surface area contributed by atoms with E-state index in [2.05, 4.69) is 45.1 Å². The van der Waals surface area contributed by atoms with E-state index in [4.69, 9.17) is 4.74 Å². The van der Waals surface area contributed by atoms with Crippen molar-refractivity contribution in [3.63, 3.8) is 0 Å². The second-order valence-corrected chi connectivity index (χ2v) is 7.73. The molecule has 3 rings (SSSR count). The lowest BCUT2D eigenvalue weighted by Gasteiger charge is -2.38. The van der Waals surface area contributed by atoms with Crippen LogP contribution in [0, 0.1) is 0 Å². The van der Waals surface area contributed by atoms with Crippen molar-refractivity contribution in [2.24, 2.45) is 12.0 Å². The van der Waals surface area contributed by atoms with Gasteiger partial charge in [0.15, 0.2) is 5.96 Å². The average Bonchev–Trinajstić information content (AvgIpc) is 2.98. The van der Waals surface area contributed by atoms with Gasteiger partial charge in [0.2, 0.25) is 5.95 Å². The zero-order chi connectivity index (χ0) is 19.6. The number of hydrogen-bond acceptors (Lipinski definition) is 4. The molecule has 146 valence electrons. The maximum atomic E-state index is 6.12. The number of imidazole rings is 1. The molecule has 2 N–H and O–H groups in total. The lowest BCUT2D eigenvalue weighted by atomic mass is 9.90. The van der Waals surface area contributed by atoms with Gasteiger partial charge in [0.1, 0.15) is 11.4 Å². The van der Waals surface area contributed by atoms with Crippen LogP contribution in [0.2, 0.25) is 0 Å². The molecule has 2 heterocycles. The summed E-state index contributed by atoms with van der Waals surface area (Å²) in [5, 5.41) is 6.96. The normalized spacial score (nSPS) is 18.4. The zero-order valence-electron chi connectivity index (χ0n) is 17.1. The maximum absolute atomic E-state index is 6.12. The summed E-state index contributed by atoms with van der Waals surface area (Å²) in [5.41, 5.74) is 2.03. The van der Waals surface area contributed by atoms with E-state index in [9.17, 15) is 0 Å². The maximum Gasteiger partial charge on any atom is 0.204 e. The Balaban J connectivity index is 1.71. The summed E-state index contributed by atoms with van der Waals surface area (Å²) in [5.74, 6) is 2.62. The van der Waals surface area contributed by atoms with Gasteiger partial charge >= 0.3 is 0 Å². The molecule has 1 atom stereocenters. The summed E-state index contributed by atoms with van der Waals surface area (Å²) in [6, 6.07) is 8.33. The molecule has 27 heavy (non-hydrogen) atoms. The summed E-state index contributed by atoms with van der Waals surface area (Å²) < 4.78 is 8.19. The topological polar surface area (TPSA) is 66.7 Å². The van der Waals surface area contributed by atoms with Crippen molar-refractivity contribution in [2.75, 3.05) is 26.0 Å². The molecular formula is C20H30N6O. The van der Waals surface area contributed by atoms with Gasteiger partial charge in [0.25, 0.3) is 0 Å². The molecule has 1 aromatic carbocycles. The third-order valence-electron chi connectivity index (χ3n) is 4.81. The molecule has 0 amide bonds. The van der Waals surface area contributed by atoms with Gasteiger partial charge in [-0.25, -0.2) is 4.98 Å². The first-order valence-corrected chi connectivity index (χ1v) is 9.24. The van der Waals surface area contributed by atoms with E-state index in [0.29, 0.717) is 6.54 Å². The molecule has 0 saturated carbocycles. The van der Waals surface area contributed by atoms with Crippen LogP contribution in [0.15, 0.2) is 35.5 Å². The Morgan fingerprint density at radius 1 is 1.37 bits per heavy atom. The minimum Gasteiger partial charge on any atom is -0.487 e. The summed E-state index contributed by atoms with van der Waals surface area (Å²) >= 11 is 0. The Morgan fingerprint density at radius 3 is 2.78 bits per heavy atom. The molecule has 1 unspecified atom stereocenters. The van der Waals surface area contributed by atoms with E-state index in [1.165, 1.54) is 0 Å². The van der Waals surface area contributed by atoms with E-state index < -0.39 is 0 Å². The Kier molecular flexibility index (Phi) is 5.30. The van der Waals surface area contributed by atoms with E-state index in [0.717, 1.165) is 35.3 Å². The van der Waals surface area contributed by atoms with Crippen molar-refractivity contribution in [2.45, 2.75) is 38.5 Å². The molecule has 1 aliphatic heterocycles. The summed E-state index contributed by atoms with van der Waals surface area (Å²) in [6.07, 6.45) is 2.75. The Hall–Kier alpha value is -2.70. The monoisotopic (exact) mass is 370 g/mol. The molecule has 0 aliphatic carbocycles. The third kappa shape index (κ3) is 4.18. The van der Waals surface area contributed by atoms with Gasteiger partial charge in [-0.1, -0.05) is 18.2 Å². The predicted molar refractivity (Wildman–Crippen MR) is 109 cm³/mol. The van der Waals surface area contributed by atoms with Gasteiger partial charge in [-0.15, -0.1) is 0 Å². The first-order valence-electron chi connectivity index (χ1n) is 9.24. The van der Waals surface area contributed by atoms with Gasteiger partial charge in [0, 0.05) is 40.2 Å². The molecule has 7 heteroatoms. The van der Waals surface area contributed by atoms with Gasteiger partial charge in [-0.3, -0.25) is 4.99 Å². The number of fused-ring (bicyclic) bond motifs is 1. The summed E-state index contributed by atoms with van der Waals surface area (Å²) in [6.45, 7) is 4.88. The minimum atomic E-state index is -0.229. The van der Waals surface area contributed by atoms with Crippen LogP contribution in [-0.2, 0) is 13.6 Å². The number of para-hydroxylation sites is 1. The second kappa shape index (κ2) is 7.50. The number of ether oxygens (including phenoxy) is 1. The van der Waals surface area contributed by atoms with Crippen molar-refractivity contribution in [1.82, 2.24) is 20.2 Å². The van der Waals surface area contributed by atoms with E-state index in [-0.39, 0.29) is 11.6 Å². The smallest absolute Gasteiger partial charge is 0.204 e. The largest absolute Gasteiger partial charge is 0.487 e. The fraction of sp³-hybridized carbons (Fsp3) is 0.500. The zero-order valence-corrected chi connectivity index (χ0v) is 17.1. The van der Waals surface area contributed by atoms with Gasteiger partial charge in [-0.05, 0) is 19.9 Å². The highest BCUT2D eigenvalue weighted by molar-refractivity contribution is 5.80. The number of nitrogens with one attached hydrogen (secondary N) is 2. The summed E-state index contributed by atoms with van der Waals surface area (Å²) in [4.78, 5) is 10.9. The standard InChI is InChI=1S/C20H30N6O/c1-20(2)11-16(15-9-7-8-10-17(15)27-20)24-18(21-3)22-12-14-13-23-19(25(4)5)26(14)6/h7-10,13,16H,11-12H2,1-6H3,(H2,21,22,24). The average molecular weight is 371 g/mol. The minimum absolute atomic E-state index is 0.139. The van der Waals surface area contributed by atoms with Crippen LogP contribution in [0.5, 0.6) is 5.75 Å². The number of aliphatic imine (C=N–C) groups is 1. The summed E-state index contributed by atoms with van der Waals surface area (Å²) in [7, 11) is 7.79. The third-order valence-corrected chi connectivity index (χ3v) is 4.81. The molecule has 0 radical (unpaired) electrons. The van der Waals surface area contributed by atoms with Gasteiger partial charge in [-0.2, -0.15) is 0 Å². The molecule has 0 saturated heterocycles. The van der Waals surface area contributed by atoms with Crippen LogP contribution in [-0.4, -0.2) is 42.3 Å². The lowest BCUT2D eigenvalue weighted by molar-refractivity contribution is 0.0694. The number of nitrogens with zero attached hydrogens (tertiary/aromatic N) is 4. The highest BCUT2D eigenvalue weighted by atomic mass is 16.5. The Labute approximate surface area is 161 Å². The van der Waals surface area contributed by atoms with Crippen LogP contribution in [0.25, 0.3) is 0 Å². The molecular weight excluding hydrogens is 340 g/mol. The SMILES string of the molecule is CN=C(NCc1cnc(N(C)C)n1C)NC1CC(C)(C)Oc2ccccc21. The van der Waals surface area contributed by atoms with E-state index in [1.807, 2.05) is 50.4 Å². The lowest BCUT2D eigenvalue weighted by Crippen LogP contribution is -2.45. The first kappa shape index (κ1) is 19.1. The van der Waals surface area contributed by atoms with Crippen LogP contribution < -0.4 is 20.3 Å². The van der Waals surface area contributed by atoms with Crippen molar-refractivity contribution in [3.05, 3.63) is 41.7 Å². The molecule has 2 aromatic rings. The van der Waals surface area contributed by atoms with Crippen LogP contribution in [0.4, 0.5) is 5.95 Å². The van der Waals surface area contributed by atoms with Crippen LogP contribution in [0.1, 0.15) is 37.6 Å². The highest BCUT2D eigenvalue weighted by Crippen LogP contribution is 2.39. The molecule has 1 aromatic heterocycles. The van der Waals surface area contributed by atoms with Crippen LogP contribution >= 0.6 is 0 Å². The first-order chi connectivity index (χ1) is 12.8. The molecule has 0 bridgehead atoms. The Morgan fingerprint density at radius 2 is 2.11 bits per heavy atom. The molecule has 0 fully saturated rings. The quantitative estimate of drug-likeness (QED) is 0.639. The van der Waals surface area contributed by atoms with Crippen molar-refractivity contribution in [1.29, 1.82) is 0 Å². The van der Waals surface area contributed by atoms with Gasteiger partial charge < -0.3 is 24.8 Å². The fourth-order valence-corrected chi connectivity index (χ4v) is 3.48. The predicted octanol–water partition coefficient (Wildman–Crippen LogP) is 2.45. The number of rotatable bonds is 4. The van der Waals surface area contributed by atoms with Crippen molar-refractivity contribution in [3.8, 4) is 5.75 Å². The van der Waals surface area contributed by atoms with Crippen molar-refractivity contribution < 1.29 is 4.74 Å². The fourth-order valence-electron chi connectivity index (χ4n) is 3.48. The second-order valence-electron chi connectivity index (χ2n) is 7.73. The molecule has 0 spiro atoms. The van der Waals surface area contributed by atoms with E-state index in [1.54, 1.807) is 7.05 Å². The number of aromatic nitrogens is 2. The number of guanidine groups is 1. The number of anilines is 1. The highest BCUT2D eigenvalue weighted by Gasteiger charge is 2.33. The molecule has 7 nitrogen and oxygen atoms in total. The number of hydrogen-bond donors (Lipinski definition) is 2. The van der Waals surface area contributed by atoms with E-state index >= 15 is 0 Å². The van der Waals surface area contributed by atoms with Gasteiger partial charge in [0.05, 0.1) is 24.5 Å².